The standard InChI is InChI=1S/C7H13NO3S/c9-4-3-8-7-2-1-5-12(10,11)6-7/h6,8-9H,1-5H2. The van der Waals surface area contributed by atoms with E-state index in [1.165, 1.54) is 5.41 Å². The first-order chi connectivity index (χ1) is 5.64. The zero-order chi connectivity index (χ0) is 9.03. The van der Waals surface area contributed by atoms with Gasteiger partial charge in [0, 0.05) is 17.6 Å². The van der Waals surface area contributed by atoms with Crippen molar-refractivity contribution in [1.82, 2.24) is 5.32 Å². The second kappa shape index (κ2) is 3.91. The highest BCUT2D eigenvalue weighted by molar-refractivity contribution is 7.94. The van der Waals surface area contributed by atoms with Crippen LogP contribution in [0, 0.1) is 0 Å². The highest BCUT2D eigenvalue weighted by atomic mass is 32.2. The van der Waals surface area contributed by atoms with Gasteiger partial charge in [-0.15, -0.1) is 0 Å². The van der Waals surface area contributed by atoms with Crippen molar-refractivity contribution in [3.63, 3.8) is 0 Å². The topological polar surface area (TPSA) is 66.4 Å². The van der Waals surface area contributed by atoms with Crippen molar-refractivity contribution in [2.24, 2.45) is 0 Å². The molecule has 1 aliphatic rings. The van der Waals surface area contributed by atoms with Gasteiger partial charge in [0.2, 0.25) is 0 Å². The summed E-state index contributed by atoms with van der Waals surface area (Å²) in [5.41, 5.74) is 0.718. The van der Waals surface area contributed by atoms with Crippen molar-refractivity contribution in [3.05, 3.63) is 11.1 Å². The number of hydrogen-bond donors (Lipinski definition) is 2. The number of sulfone groups is 1. The van der Waals surface area contributed by atoms with Crippen LogP contribution in [0.4, 0.5) is 0 Å². The van der Waals surface area contributed by atoms with Gasteiger partial charge in [-0.3, -0.25) is 0 Å². The van der Waals surface area contributed by atoms with E-state index in [1.807, 2.05) is 0 Å². The minimum atomic E-state index is -2.97. The quantitative estimate of drug-likeness (QED) is 0.638. The molecular formula is C7H13NO3S. The molecular weight excluding hydrogens is 178 g/mol. The average Bonchev–Trinajstić information content (AvgIpc) is 1.99. The van der Waals surface area contributed by atoms with Crippen LogP contribution in [-0.2, 0) is 9.84 Å². The summed E-state index contributed by atoms with van der Waals surface area (Å²) in [4.78, 5) is 0. The van der Waals surface area contributed by atoms with E-state index in [0.29, 0.717) is 13.0 Å². The fourth-order valence-electron chi connectivity index (χ4n) is 1.14. The Morgan fingerprint density at radius 3 is 2.92 bits per heavy atom. The molecule has 0 aromatic carbocycles. The SMILES string of the molecule is O=S1(=O)C=C(NCCO)CCC1. The number of aliphatic hydroxyl groups is 1. The molecule has 1 rings (SSSR count). The molecule has 0 aromatic heterocycles. The third-order valence-electron chi connectivity index (χ3n) is 1.66. The smallest absolute Gasteiger partial charge is 0.173 e. The Morgan fingerprint density at radius 1 is 1.58 bits per heavy atom. The molecule has 1 aliphatic heterocycles. The summed E-state index contributed by atoms with van der Waals surface area (Å²) in [5.74, 6) is 0.247. The molecule has 1 heterocycles. The van der Waals surface area contributed by atoms with Gasteiger partial charge >= 0.3 is 0 Å². The molecule has 0 aromatic rings. The van der Waals surface area contributed by atoms with Crippen molar-refractivity contribution < 1.29 is 13.5 Å². The number of hydrogen-bond acceptors (Lipinski definition) is 4. The molecule has 0 saturated carbocycles. The van der Waals surface area contributed by atoms with Crippen LogP contribution in [0.15, 0.2) is 11.1 Å². The van der Waals surface area contributed by atoms with Crippen LogP contribution in [0.3, 0.4) is 0 Å². The van der Waals surface area contributed by atoms with Crippen molar-refractivity contribution in [1.29, 1.82) is 0 Å². The highest BCUT2D eigenvalue weighted by Gasteiger charge is 2.14. The van der Waals surface area contributed by atoms with Gasteiger partial charge in [-0.2, -0.15) is 0 Å². The van der Waals surface area contributed by atoms with Crippen molar-refractivity contribution >= 4 is 9.84 Å². The lowest BCUT2D eigenvalue weighted by atomic mass is 10.3. The Bertz CT molecular complexity index is 268. The second-order valence-electron chi connectivity index (χ2n) is 2.76. The van der Waals surface area contributed by atoms with E-state index in [-0.39, 0.29) is 12.4 Å². The van der Waals surface area contributed by atoms with Crippen LogP contribution >= 0.6 is 0 Å². The molecule has 5 heteroatoms. The molecule has 0 bridgehead atoms. The van der Waals surface area contributed by atoms with E-state index in [1.54, 1.807) is 0 Å². The van der Waals surface area contributed by atoms with Gasteiger partial charge < -0.3 is 10.4 Å². The largest absolute Gasteiger partial charge is 0.395 e. The van der Waals surface area contributed by atoms with Crippen molar-refractivity contribution in [3.8, 4) is 0 Å². The van der Waals surface area contributed by atoms with E-state index in [9.17, 15) is 8.42 Å². The summed E-state index contributed by atoms with van der Waals surface area (Å²) < 4.78 is 22.1. The number of rotatable bonds is 3. The van der Waals surface area contributed by atoms with Gasteiger partial charge in [-0.1, -0.05) is 0 Å². The first-order valence-electron chi connectivity index (χ1n) is 3.92. The number of allylic oxidation sites excluding steroid dienone is 1. The maximum absolute atomic E-state index is 11.0. The predicted octanol–water partition coefficient (Wildman–Crippen LogP) is -0.382. The molecule has 70 valence electrons. The monoisotopic (exact) mass is 191 g/mol. The number of aliphatic hydroxyl groups excluding tert-OH is 1. The molecule has 0 radical (unpaired) electrons. The molecule has 0 amide bonds. The van der Waals surface area contributed by atoms with Gasteiger partial charge in [-0.05, 0) is 12.8 Å². The Kier molecular flexibility index (Phi) is 3.11. The van der Waals surface area contributed by atoms with Gasteiger partial charge in [0.25, 0.3) is 0 Å². The highest BCUT2D eigenvalue weighted by Crippen LogP contribution is 2.13. The fraction of sp³-hybridized carbons (Fsp3) is 0.714. The maximum Gasteiger partial charge on any atom is 0.173 e. The summed E-state index contributed by atoms with van der Waals surface area (Å²) in [6.07, 6.45) is 1.44. The molecule has 0 atom stereocenters. The van der Waals surface area contributed by atoms with Crippen LogP contribution < -0.4 is 5.32 Å². The Morgan fingerprint density at radius 2 is 2.33 bits per heavy atom. The molecule has 0 fully saturated rings. The first kappa shape index (κ1) is 9.54. The normalized spacial score (nSPS) is 21.6. The molecule has 0 aliphatic carbocycles. The van der Waals surface area contributed by atoms with Gasteiger partial charge in [0.05, 0.1) is 12.4 Å². The van der Waals surface area contributed by atoms with Crippen LogP contribution in [-0.4, -0.2) is 32.4 Å². The second-order valence-corrected chi connectivity index (χ2v) is 4.73. The minimum absolute atomic E-state index is 0.0252. The van der Waals surface area contributed by atoms with Crippen LogP contribution in [0.2, 0.25) is 0 Å². The van der Waals surface area contributed by atoms with Gasteiger partial charge in [0.1, 0.15) is 0 Å². The van der Waals surface area contributed by atoms with E-state index >= 15 is 0 Å². The van der Waals surface area contributed by atoms with Crippen LogP contribution in [0.5, 0.6) is 0 Å². The van der Waals surface area contributed by atoms with Crippen LogP contribution in [0.25, 0.3) is 0 Å². The van der Waals surface area contributed by atoms with Crippen molar-refractivity contribution in [2.45, 2.75) is 12.8 Å². The lowest BCUT2D eigenvalue weighted by Gasteiger charge is -2.13. The molecule has 12 heavy (non-hydrogen) atoms. The molecule has 0 saturated heterocycles. The summed E-state index contributed by atoms with van der Waals surface area (Å²) in [6.45, 7) is 0.443. The zero-order valence-corrected chi connectivity index (χ0v) is 7.60. The third kappa shape index (κ3) is 2.83. The van der Waals surface area contributed by atoms with Gasteiger partial charge in [-0.25, -0.2) is 8.42 Å². The van der Waals surface area contributed by atoms with E-state index < -0.39 is 9.84 Å². The van der Waals surface area contributed by atoms with Crippen molar-refractivity contribution in [2.75, 3.05) is 18.9 Å². The van der Waals surface area contributed by atoms with E-state index in [2.05, 4.69) is 5.32 Å². The van der Waals surface area contributed by atoms with Crippen LogP contribution in [0.1, 0.15) is 12.8 Å². The third-order valence-corrected chi connectivity index (χ3v) is 3.16. The zero-order valence-electron chi connectivity index (χ0n) is 6.78. The minimum Gasteiger partial charge on any atom is -0.395 e. The summed E-state index contributed by atoms with van der Waals surface area (Å²) in [5, 5.41) is 12.6. The average molecular weight is 191 g/mol. The molecule has 4 nitrogen and oxygen atoms in total. The fourth-order valence-corrected chi connectivity index (χ4v) is 2.44. The molecule has 0 spiro atoms. The van der Waals surface area contributed by atoms with Gasteiger partial charge in [0.15, 0.2) is 9.84 Å². The summed E-state index contributed by atoms with van der Waals surface area (Å²) in [6, 6.07) is 0. The number of nitrogens with one attached hydrogen (secondary N) is 1. The molecule has 0 unspecified atom stereocenters. The summed E-state index contributed by atoms with van der Waals surface area (Å²) >= 11 is 0. The molecule has 2 N–H and O–H groups in total. The Balaban J connectivity index is 2.59. The lowest BCUT2D eigenvalue weighted by molar-refractivity contribution is 0.296. The van der Waals surface area contributed by atoms with E-state index in [0.717, 1.165) is 12.1 Å². The summed E-state index contributed by atoms with van der Waals surface area (Å²) in [7, 11) is -2.97. The predicted molar refractivity (Wildman–Crippen MR) is 46.2 cm³/mol. The first-order valence-corrected chi connectivity index (χ1v) is 5.64. The Labute approximate surface area is 72.2 Å². The lowest BCUT2D eigenvalue weighted by Crippen LogP contribution is -2.22. The maximum atomic E-state index is 11.0. The van der Waals surface area contributed by atoms with E-state index in [4.69, 9.17) is 5.11 Å². The Hall–Kier alpha value is -0.550.